The molecule has 0 aromatic carbocycles. The molecule has 0 aliphatic heterocycles. The molecule has 1 unspecified atom stereocenters. The molecular formula is C10H15N3O3S. The number of aromatic nitrogens is 1. The van der Waals surface area contributed by atoms with Crippen LogP contribution < -0.4 is 10.6 Å². The number of aromatic carboxylic acids is 1. The van der Waals surface area contributed by atoms with E-state index in [1.807, 2.05) is 13.8 Å². The van der Waals surface area contributed by atoms with Gasteiger partial charge in [-0.15, -0.1) is 11.3 Å². The van der Waals surface area contributed by atoms with Crippen molar-refractivity contribution in [3.05, 3.63) is 11.2 Å². The minimum Gasteiger partial charge on any atom is -0.476 e. The summed E-state index contributed by atoms with van der Waals surface area (Å²) >= 11 is 1.16. The molecule has 0 aliphatic carbocycles. The highest BCUT2D eigenvalue weighted by atomic mass is 32.1. The number of anilines is 1. The molecule has 0 radical (unpaired) electrons. The second-order valence-corrected chi connectivity index (χ2v) is 4.72. The summed E-state index contributed by atoms with van der Waals surface area (Å²) in [7, 11) is 0. The number of carboxylic acid groups (broad SMARTS) is 1. The number of rotatable bonds is 5. The summed E-state index contributed by atoms with van der Waals surface area (Å²) in [6, 6.07) is -0.455. The summed E-state index contributed by atoms with van der Waals surface area (Å²) in [5.74, 6) is -1.28. The van der Waals surface area contributed by atoms with Gasteiger partial charge in [0.15, 0.2) is 5.69 Å². The Balaban J connectivity index is 2.67. The first-order valence-corrected chi connectivity index (χ1v) is 6.03. The summed E-state index contributed by atoms with van der Waals surface area (Å²) in [4.78, 5) is 26.2. The van der Waals surface area contributed by atoms with Crippen LogP contribution in [0.2, 0.25) is 0 Å². The zero-order valence-corrected chi connectivity index (χ0v) is 10.7. The molecule has 1 aromatic heterocycles. The van der Waals surface area contributed by atoms with E-state index < -0.39 is 12.0 Å². The van der Waals surface area contributed by atoms with Crippen LogP contribution in [0.25, 0.3) is 0 Å². The normalized spacial score (nSPS) is 12.2. The lowest BCUT2D eigenvalue weighted by molar-refractivity contribution is -0.122. The number of thiazole rings is 1. The Hall–Kier alpha value is -1.63. The molecule has 0 saturated heterocycles. The van der Waals surface area contributed by atoms with Crippen molar-refractivity contribution >= 4 is 28.2 Å². The van der Waals surface area contributed by atoms with Crippen LogP contribution in [-0.2, 0) is 4.79 Å². The van der Waals surface area contributed by atoms with Gasteiger partial charge in [0, 0.05) is 6.04 Å². The molecule has 1 heterocycles. The van der Waals surface area contributed by atoms with Gasteiger partial charge < -0.3 is 15.7 Å². The molecule has 94 valence electrons. The van der Waals surface area contributed by atoms with Crippen LogP contribution in [0.3, 0.4) is 0 Å². The van der Waals surface area contributed by atoms with E-state index in [0.717, 1.165) is 11.3 Å². The summed E-state index contributed by atoms with van der Waals surface area (Å²) in [6.07, 6.45) is 0. The molecule has 7 heteroatoms. The fourth-order valence-electron chi connectivity index (χ4n) is 1.17. The largest absolute Gasteiger partial charge is 0.476 e. The van der Waals surface area contributed by atoms with Gasteiger partial charge in [0.1, 0.15) is 11.0 Å². The van der Waals surface area contributed by atoms with Crippen LogP contribution in [0.15, 0.2) is 5.51 Å². The van der Waals surface area contributed by atoms with Gasteiger partial charge in [0.25, 0.3) is 0 Å². The van der Waals surface area contributed by atoms with Crippen molar-refractivity contribution in [1.29, 1.82) is 0 Å². The zero-order valence-electron chi connectivity index (χ0n) is 9.85. The highest BCUT2D eigenvalue weighted by molar-refractivity contribution is 7.14. The van der Waals surface area contributed by atoms with Crippen molar-refractivity contribution in [2.24, 2.45) is 0 Å². The maximum Gasteiger partial charge on any atom is 0.357 e. The molecule has 0 fully saturated rings. The lowest BCUT2D eigenvalue weighted by Gasteiger charge is -2.16. The topological polar surface area (TPSA) is 91.3 Å². The van der Waals surface area contributed by atoms with Gasteiger partial charge in [-0.05, 0) is 20.8 Å². The SMILES string of the molecule is CC(C)NC(=O)C(C)Nc1scnc1C(=O)O. The molecule has 1 amide bonds. The molecule has 1 atom stereocenters. The summed E-state index contributed by atoms with van der Waals surface area (Å²) in [5.41, 5.74) is 1.37. The van der Waals surface area contributed by atoms with E-state index in [2.05, 4.69) is 15.6 Å². The Bertz CT molecular complexity index is 417. The van der Waals surface area contributed by atoms with Crippen molar-refractivity contribution in [2.45, 2.75) is 32.9 Å². The van der Waals surface area contributed by atoms with Crippen LogP contribution in [0.4, 0.5) is 5.00 Å². The van der Waals surface area contributed by atoms with Crippen molar-refractivity contribution in [1.82, 2.24) is 10.3 Å². The van der Waals surface area contributed by atoms with Gasteiger partial charge in [-0.3, -0.25) is 4.79 Å². The predicted octanol–water partition coefficient (Wildman–Crippen LogP) is 1.17. The molecule has 0 saturated carbocycles. The van der Waals surface area contributed by atoms with Gasteiger partial charge >= 0.3 is 5.97 Å². The quantitative estimate of drug-likeness (QED) is 0.736. The number of nitrogens with zero attached hydrogens (tertiary/aromatic N) is 1. The minimum atomic E-state index is -1.11. The first-order valence-electron chi connectivity index (χ1n) is 5.15. The second kappa shape index (κ2) is 5.62. The molecule has 0 spiro atoms. The predicted molar refractivity (Wildman–Crippen MR) is 65.4 cm³/mol. The monoisotopic (exact) mass is 257 g/mol. The minimum absolute atomic E-state index is 0.0483. The maximum absolute atomic E-state index is 11.6. The van der Waals surface area contributed by atoms with Crippen molar-refractivity contribution in [3.8, 4) is 0 Å². The van der Waals surface area contributed by atoms with Crippen LogP contribution in [-0.4, -0.2) is 34.1 Å². The Labute approximate surface area is 103 Å². The van der Waals surface area contributed by atoms with E-state index in [9.17, 15) is 9.59 Å². The summed E-state index contributed by atoms with van der Waals surface area (Å²) < 4.78 is 0. The Morgan fingerprint density at radius 3 is 2.59 bits per heavy atom. The van der Waals surface area contributed by atoms with Crippen LogP contribution in [0, 0.1) is 0 Å². The third-order valence-corrected chi connectivity index (χ3v) is 2.70. The van der Waals surface area contributed by atoms with Gasteiger partial charge in [0.2, 0.25) is 5.91 Å². The molecule has 1 rings (SSSR count). The standard InChI is InChI=1S/C10H15N3O3S/c1-5(2)12-8(14)6(3)13-9-7(10(15)16)11-4-17-9/h4-6,13H,1-3H3,(H,12,14)(H,15,16). The molecule has 3 N–H and O–H groups in total. The van der Waals surface area contributed by atoms with E-state index in [1.165, 1.54) is 5.51 Å². The van der Waals surface area contributed by atoms with E-state index in [-0.39, 0.29) is 17.6 Å². The molecule has 1 aromatic rings. The third kappa shape index (κ3) is 3.70. The average Bonchev–Trinajstić information content (AvgIpc) is 2.64. The molecular weight excluding hydrogens is 242 g/mol. The summed E-state index contributed by atoms with van der Waals surface area (Å²) in [5, 5.41) is 14.8. The van der Waals surface area contributed by atoms with E-state index in [0.29, 0.717) is 5.00 Å². The Morgan fingerprint density at radius 1 is 1.41 bits per heavy atom. The van der Waals surface area contributed by atoms with Crippen LogP contribution in [0.1, 0.15) is 31.3 Å². The van der Waals surface area contributed by atoms with Crippen molar-refractivity contribution < 1.29 is 14.7 Å². The number of hydrogen-bond donors (Lipinski definition) is 3. The molecule has 0 bridgehead atoms. The lowest BCUT2D eigenvalue weighted by atomic mass is 10.3. The number of nitrogens with one attached hydrogen (secondary N) is 2. The first-order chi connectivity index (χ1) is 7.91. The number of carbonyl (C=O) groups excluding carboxylic acids is 1. The second-order valence-electron chi connectivity index (χ2n) is 3.86. The van der Waals surface area contributed by atoms with E-state index in [4.69, 9.17) is 5.11 Å². The van der Waals surface area contributed by atoms with Crippen molar-refractivity contribution in [3.63, 3.8) is 0 Å². The Kier molecular flexibility index (Phi) is 4.45. The molecule has 0 aliphatic rings. The van der Waals surface area contributed by atoms with Gasteiger partial charge in [-0.25, -0.2) is 9.78 Å². The van der Waals surface area contributed by atoms with Gasteiger partial charge in [0.05, 0.1) is 5.51 Å². The van der Waals surface area contributed by atoms with Crippen molar-refractivity contribution in [2.75, 3.05) is 5.32 Å². The average molecular weight is 257 g/mol. The van der Waals surface area contributed by atoms with Crippen LogP contribution >= 0.6 is 11.3 Å². The fraction of sp³-hybridized carbons (Fsp3) is 0.500. The number of amides is 1. The Morgan fingerprint density at radius 2 is 2.06 bits per heavy atom. The molecule has 17 heavy (non-hydrogen) atoms. The highest BCUT2D eigenvalue weighted by Gasteiger charge is 2.19. The molecule has 6 nitrogen and oxygen atoms in total. The third-order valence-electron chi connectivity index (χ3n) is 1.94. The van der Waals surface area contributed by atoms with Gasteiger partial charge in [-0.1, -0.05) is 0 Å². The van der Waals surface area contributed by atoms with Crippen LogP contribution in [0.5, 0.6) is 0 Å². The lowest BCUT2D eigenvalue weighted by Crippen LogP contribution is -2.41. The summed E-state index contributed by atoms with van der Waals surface area (Å²) in [6.45, 7) is 5.39. The first kappa shape index (κ1) is 13.4. The van der Waals surface area contributed by atoms with E-state index in [1.54, 1.807) is 6.92 Å². The number of carbonyl (C=O) groups is 2. The smallest absolute Gasteiger partial charge is 0.357 e. The number of carboxylic acids is 1. The zero-order chi connectivity index (χ0) is 13.0. The highest BCUT2D eigenvalue weighted by Crippen LogP contribution is 2.20. The van der Waals surface area contributed by atoms with E-state index >= 15 is 0 Å². The maximum atomic E-state index is 11.6. The number of hydrogen-bond acceptors (Lipinski definition) is 5. The fourth-order valence-corrected chi connectivity index (χ4v) is 1.93. The van der Waals surface area contributed by atoms with Gasteiger partial charge in [-0.2, -0.15) is 0 Å².